The topological polar surface area (TPSA) is 141 Å². The Morgan fingerprint density at radius 1 is 0.923 bits per heavy atom. The van der Waals surface area contributed by atoms with Crippen LogP contribution in [0.15, 0.2) is 89.3 Å². The fraction of sp³-hybridized carbons (Fsp3) is 0.172. The molecule has 39 heavy (non-hydrogen) atoms. The molecule has 1 heterocycles. The number of furan rings is 1. The quantitative estimate of drug-likeness (QED) is 0.209. The summed E-state index contributed by atoms with van der Waals surface area (Å²) in [4.78, 5) is 34.7. The van der Waals surface area contributed by atoms with Crippen LogP contribution in [0.1, 0.15) is 28.6 Å². The van der Waals surface area contributed by atoms with Gasteiger partial charge >= 0.3 is 12.1 Å². The minimum atomic E-state index is -1.27. The number of alkyl carbamates (subject to hydrolysis) is 1. The number of carboxylic acid groups (broad SMARTS) is 1. The number of rotatable bonds is 10. The van der Waals surface area contributed by atoms with Crippen molar-refractivity contribution in [3.05, 3.63) is 118 Å². The highest BCUT2D eigenvalue weighted by atomic mass is 16.6. The van der Waals surface area contributed by atoms with Gasteiger partial charge in [0.1, 0.15) is 36.5 Å². The lowest BCUT2D eigenvalue weighted by molar-refractivity contribution is -0.384. The van der Waals surface area contributed by atoms with E-state index in [2.05, 4.69) is 5.32 Å². The molecule has 5 rings (SSSR count). The van der Waals surface area contributed by atoms with E-state index in [1.165, 1.54) is 24.3 Å². The molecule has 0 spiro atoms. The molecule has 0 radical (unpaired) electrons. The summed E-state index contributed by atoms with van der Waals surface area (Å²) in [6.07, 6.45) is -0.936. The highest BCUT2D eigenvalue weighted by molar-refractivity contribution is 5.81. The second-order valence-corrected chi connectivity index (χ2v) is 8.97. The second kappa shape index (κ2) is 11.1. The zero-order chi connectivity index (χ0) is 27.4. The van der Waals surface area contributed by atoms with Gasteiger partial charge in [-0.3, -0.25) is 10.1 Å². The number of nitro groups is 1. The number of non-ortho nitro benzene ring substituents is 1. The molecule has 1 atom stereocenters. The molecule has 1 unspecified atom stereocenters. The monoisotopic (exact) mass is 528 g/mol. The van der Waals surface area contributed by atoms with Crippen molar-refractivity contribution in [2.45, 2.75) is 25.0 Å². The Hall–Kier alpha value is -5.12. The number of benzene rings is 3. The zero-order valence-electron chi connectivity index (χ0n) is 20.6. The van der Waals surface area contributed by atoms with E-state index >= 15 is 0 Å². The summed E-state index contributed by atoms with van der Waals surface area (Å²) < 4.78 is 16.7. The van der Waals surface area contributed by atoms with Crippen LogP contribution in [0, 0.1) is 10.1 Å². The van der Waals surface area contributed by atoms with Gasteiger partial charge in [-0.25, -0.2) is 9.59 Å². The Morgan fingerprint density at radius 2 is 1.54 bits per heavy atom. The number of nitrogens with zero attached hydrogens (tertiary/aromatic N) is 1. The predicted octanol–water partition coefficient (Wildman–Crippen LogP) is 5.30. The smallest absolute Gasteiger partial charge is 0.407 e. The Labute approximate surface area is 222 Å². The minimum Gasteiger partial charge on any atom is -0.486 e. The Balaban J connectivity index is 1.16. The first kappa shape index (κ1) is 25.5. The standard InChI is InChI=1S/C29H24N2O8/c32-28(33)27(15-20-13-14-21(39-20)16-37-19-11-9-18(10-12-19)31(35)36)30-29(34)38-17-26-24-7-3-1-5-22(24)23-6-2-4-8-25(23)26/h1-14,26-27H,15-17H2,(H,30,34)(H,32,33). The molecule has 4 aromatic rings. The number of nitro benzene ring substituents is 1. The number of carboxylic acids is 1. The Morgan fingerprint density at radius 3 is 2.15 bits per heavy atom. The average molecular weight is 529 g/mol. The Kier molecular flexibility index (Phi) is 7.26. The summed E-state index contributed by atoms with van der Waals surface area (Å²) in [6, 6.07) is 23.4. The largest absolute Gasteiger partial charge is 0.486 e. The third-order valence-corrected chi connectivity index (χ3v) is 6.49. The molecule has 3 aromatic carbocycles. The number of hydrogen-bond donors (Lipinski definition) is 2. The number of amides is 1. The fourth-order valence-electron chi connectivity index (χ4n) is 4.61. The highest BCUT2D eigenvalue weighted by Gasteiger charge is 2.30. The van der Waals surface area contributed by atoms with Crippen molar-refractivity contribution < 1.29 is 33.5 Å². The van der Waals surface area contributed by atoms with Crippen LogP contribution in [0.5, 0.6) is 5.75 Å². The van der Waals surface area contributed by atoms with Gasteiger partial charge < -0.3 is 24.3 Å². The normalized spacial score (nSPS) is 12.7. The molecule has 1 aliphatic rings. The van der Waals surface area contributed by atoms with Crippen LogP contribution in [0.3, 0.4) is 0 Å². The maximum absolute atomic E-state index is 12.6. The van der Waals surface area contributed by atoms with Gasteiger partial charge in [-0.2, -0.15) is 0 Å². The lowest BCUT2D eigenvalue weighted by atomic mass is 9.98. The maximum atomic E-state index is 12.6. The van der Waals surface area contributed by atoms with E-state index in [1.807, 2.05) is 48.5 Å². The van der Waals surface area contributed by atoms with Crippen LogP contribution in [-0.2, 0) is 22.6 Å². The molecule has 1 amide bonds. The van der Waals surface area contributed by atoms with Crippen molar-refractivity contribution in [1.29, 1.82) is 0 Å². The van der Waals surface area contributed by atoms with Crippen molar-refractivity contribution in [3.8, 4) is 16.9 Å². The number of nitrogens with one attached hydrogen (secondary N) is 1. The second-order valence-electron chi connectivity index (χ2n) is 8.97. The van der Waals surface area contributed by atoms with Crippen LogP contribution in [0.2, 0.25) is 0 Å². The predicted molar refractivity (Wildman–Crippen MR) is 139 cm³/mol. The number of carbonyl (C=O) groups excluding carboxylic acids is 1. The van der Waals surface area contributed by atoms with Crippen LogP contribution in [0.4, 0.5) is 10.5 Å². The first-order valence-corrected chi connectivity index (χ1v) is 12.2. The SMILES string of the molecule is O=C(NC(Cc1ccc(COc2ccc([N+](=O)[O-])cc2)o1)C(=O)O)OCC1c2ccccc2-c2ccccc21. The van der Waals surface area contributed by atoms with Gasteiger partial charge in [0.15, 0.2) is 0 Å². The molecule has 10 heteroatoms. The minimum absolute atomic E-state index is 0.0371. The summed E-state index contributed by atoms with van der Waals surface area (Å²) in [5.41, 5.74) is 4.25. The molecule has 0 bridgehead atoms. The summed E-state index contributed by atoms with van der Waals surface area (Å²) in [5.74, 6) is -0.199. The van der Waals surface area contributed by atoms with Gasteiger partial charge in [-0.1, -0.05) is 48.5 Å². The van der Waals surface area contributed by atoms with E-state index in [-0.39, 0.29) is 31.2 Å². The van der Waals surface area contributed by atoms with E-state index in [9.17, 15) is 24.8 Å². The third-order valence-electron chi connectivity index (χ3n) is 6.49. The van der Waals surface area contributed by atoms with Gasteiger partial charge in [0.25, 0.3) is 5.69 Å². The van der Waals surface area contributed by atoms with E-state index in [0.29, 0.717) is 17.3 Å². The van der Waals surface area contributed by atoms with Gasteiger partial charge in [0, 0.05) is 24.5 Å². The van der Waals surface area contributed by atoms with Gasteiger partial charge in [-0.05, 0) is 46.5 Å². The van der Waals surface area contributed by atoms with E-state index in [0.717, 1.165) is 22.3 Å². The summed E-state index contributed by atoms with van der Waals surface area (Å²) >= 11 is 0. The molecule has 1 aromatic heterocycles. The summed E-state index contributed by atoms with van der Waals surface area (Å²) in [6.45, 7) is 0.104. The van der Waals surface area contributed by atoms with Crippen LogP contribution in [0.25, 0.3) is 11.1 Å². The number of hydrogen-bond acceptors (Lipinski definition) is 7. The van der Waals surface area contributed by atoms with E-state index in [4.69, 9.17) is 13.9 Å². The molecule has 0 fully saturated rings. The van der Waals surface area contributed by atoms with Crippen molar-refractivity contribution in [2.24, 2.45) is 0 Å². The Bertz CT molecular complexity index is 1470. The van der Waals surface area contributed by atoms with Crippen molar-refractivity contribution >= 4 is 17.7 Å². The number of aliphatic carboxylic acids is 1. The first-order valence-electron chi connectivity index (χ1n) is 12.2. The maximum Gasteiger partial charge on any atom is 0.407 e. The molecular formula is C29H24N2O8. The molecule has 0 saturated heterocycles. The molecule has 1 aliphatic carbocycles. The molecule has 2 N–H and O–H groups in total. The van der Waals surface area contributed by atoms with Crippen molar-refractivity contribution in [1.82, 2.24) is 5.32 Å². The van der Waals surface area contributed by atoms with Crippen molar-refractivity contribution in [3.63, 3.8) is 0 Å². The van der Waals surface area contributed by atoms with Crippen molar-refractivity contribution in [2.75, 3.05) is 6.61 Å². The lowest BCUT2D eigenvalue weighted by Gasteiger charge is -2.17. The van der Waals surface area contributed by atoms with Crippen LogP contribution >= 0.6 is 0 Å². The molecule has 10 nitrogen and oxygen atoms in total. The zero-order valence-corrected chi connectivity index (χ0v) is 20.6. The van der Waals surface area contributed by atoms with Gasteiger partial charge in [0.2, 0.25) is 0 Å². The van der Waals surface area contributed by atoms with E-state index in [1.54, 1.807) is 12.1 Å². The molecule has 0 aliphatic heterocycles. The highest BCUT2D eigenvalue weighted by Crippen LogP contribution is 2.44. The number of ether oxygens (including phenoxy) is 2. The fourth-order valence-corrected chi connectivity index (χ4v) is 4.61. The average Bonchev–Trinajstić information content (AvgIpc) is 3.52. The van der Waals surface area contributed by atoms with Gasteiger partial charge in [-0.15, -0.1) is 0 Å². The number of carbonyl (C=O) groups is 2. The van der Waals surface area contributed by atoms with E-state index < -0.39 is 23.0 Å². The summed E-state index contributed by atoms with van der Waals surface area (Å²) in [7, 11) is 0. The molecular weight excluding hydrogens is 504 g/mol. The number of fused-ring (bicyclic) bond motifs is 3. The van der Waals surface area contributed by atoms with Crippen LogP contribution in [-0.4, -0.2) is 34.7 Å². The van der Waals surface area contributed by atoms with Gasteiger partial charge in [0.05, 0.1) is 4.92 Å². The lowest BCUT2D eigenvalue weighted by Crippen LogP contribution is -2.42. The third kappa shape index (κ3) is 5.74. The summed E-state index contributed by atoms with van der Waals surface area (Å²) in [5, 5.41) is 22.8. The molecule has 0 saturated carbocycles. The van der Waals surface area contributed by atoms with Crippen LogP contribution < -0.4 is 10.1 Å². The molecule has 198 valence electrons. The first-order chi connectivity index (χ1) is 18.9.